The van der Waals surface area contributed by atoms with Crippen LogP contribution in [0.4, 0.5) is 0 Å². The fourth-order valence-corrected chi connectivity index (χ4v) is 2.22. The van der Waals surface area contributed by atoms with Crippen molar-refractivity contribution in [3.8, 4) is 6.07 Å². The zero-order chi connectivity index (χ0) is 9.68. The van der Waals surface area contributed by atoms with Gasteiger partial charge in [-0.3, -0.25) is 4.90 Å². The first kappa shape index (κ1) is 10.7. The van der Waals surface area contributed by atoms with E-state index in [4.69, 9.17) is 5.26 Å². The highest BCUT2D eigenvalue weighted by Crippen LogP contribution is 2.24. The average molecular weight is 243 g/mol. The van der Waals surface area contributed by atoms with Gasteiger partial charge in [0, 0.05) is 17.1 Å². The molecule has 0 unspecified atom stereocenters. The molecule has 1 saturated carbocycles. The summed E-state index contributed by atoms with van der Waals surface area (Å²) in [5.74, 6) is 0. The summed E-state index contributed by atoms with van der Waals surface area (Å²) in [5, 5.41) is 8.67. The first-order valence-electron chi connectivity index (χ1n) is 4.68. The number of hydrogen-bond donors (Lipinski definition) is 0. The van der Waals surface area contributed by atoms with Crippen LogP contribution >= 0.6 is 15.9 Å². The molecule has 1 rings (SSSR count). The van der Waals surface area contributed by atoms with Crippen molar-refractivity contribution in [2.75, 3.05) is 13.1 Å². The van der Waals surface area contributed by atoms with E-state index >= 15 is 0 Å². The van der Waals surface area contributed by atoms with Gasteiger partial charge in [0.05, 0.1) is 12.6 Å². The number of nitrogens with zero attached hydrogens (tertiary/aromatic N) is 2. The Hall–Kier alpha value is -0.330. The molecule has 0 saturated heterocycles. The topological polar surface area (TPSA) is 27.0 Å². The van der Waals surface area contributed by atoms with Crippen molar-refractivity contribution in [2.24, 2.45) is 0 Å². The van der Waals surface area contributed by atoms with E-state index in [0.717, 1.165) is 11.0 Å². The van der Waals surface area contributed by atoms with Crippen molar-refractivity contribution in [3.05, 3.63) is 11.1 Å². The molecule has 0 amide bonds. The third kappa shape index (κ3) is 3.50. The van der Waals surface area contributed by atoms with Crippen LogP contribution in [-0.4, -0.2) is 24.0 Å². The van der Waals surface area contributed by atoms with Gasteiger partial charge in [0.1, 0.15) is 0 Å². The van der Waals surface area contributed by atoms with Crippen LogP contribution in [0.25, 0.3) is 0 Å². The van der Waals surface area contributed by atoms with E-state index in [-0.39, 0.29) is 0 Å². The van der Waals surface area contributed by atoms with Crippen molar-refractivity contribution in [1.29, 1.82) is 5.26 Å². The maximum Gasteiger partial charge on any atom is 0.0871 e. The lowest BCUT2D eigenvalue weighted by molar-refractivity contribution is 0.245. The molecule has 0 spiro atoms. The third-order valence-corrected chi connectivity index (χ3v) is 2.74. The van der Waals surface area contributed by atoms with Crippen molar-refractivity contribution < 1.29 is 0 Å². The van der Waals surface area contributed by atoms with Crippen LogP contribution in [0.2, 0.25) is 0 Å². The lowest BCUT2D eigenvalue weighted by atomic mass is 10.2. The number of hydrogen-bond acceptors (Lipinski definition) is 2. The largest absolute Gasteiger partial charge is 0.283 e. The second kappa shape index (κ2) is 5.41. The van der Waals surface area contributed by atoms with Gasteiger partial charge < -0.3 is 0 Å². The molecule has 13 heavy (non-hydrogen) atoms. The summed E-state index contributed by atoms with van der Waals surface area (Å²) >= 11 is 3.35. The molecule has 1 aliphatic rings. The van der Waals surface area contributed by atoms with Gasteiger partial charge in [-0.05, 0) is 12.8 Å². The molecule has 0 heterocycles. The summed E-state index contributed by atoms with van der Waals surface area (Å²) in [6.07, 6.45) is 5.09. The highest BCUT2D eigenvalue weighted by Gasteiger charge is 2.21. The number of rotatable bonds is 4. The summed E-state index contributed by atoms with van der Waals surface area (Å²) < 4.78 is 0.967. The fraction of sp³-hybridized carbons (Fsp3) is 0.700. The zero-order valence-electron chi connectivity index (χ0n) is 7.80. The Bertz CT molecular complexity index is 213. The second-order valence-corrected chi connectivity index (χ2v) is 4.64. The van der Waals surface area contributed by atoms with Gasteiger partial charge in [0.15, 0.2) is 0 Å². The van der Waals surface area contributed by atoms with Gasteiger partial charge in [0.25, 0.3) is 0 Å². The van der Waals surface area contributed by atoms with E-state index in [1.54, 1.807) is 0 Å². The molecule has 0 bridgehead atoms. The van der Waals surface area contributed by atoms with Crippen molar-refractivity contribution in [3.63, 3.8) is 0 Å². The quantitative estimate of drug-likeness (QED) is 0.710. The molecular formula is C10H15BrN2. The van der Waals surface area contributed by atoms with Crippen LogP contribution in [0.3, 0.4) is 0 Å². The maximum atomic E-state index is 8.67. The average Bonchev–Trinajstić information content (AvgIpc) is 2.54. The molecule has 2 nitrogen and oxygen atoms in total. The van der Waals surface area contributed by atoms with E-state index in [1.807, 2.05) is 0 Å². The van der Waals surface area contributed by atoms with Crippen LogP contribution in [-0.2, 0) is 0 Å². The first-order valence-corrected chi connectivity index (χ1v) is 5.47. The summed E-state index contributed by atoms with van der Waals surface area (Å²) in [7, 11) is 0. The number of nitriles is 1. The van der Waals surface area contributed by atoms with Gasteiger partial charge in [0.2, 0.25) is 0 Å². The second-order valence-electron chi connectivity index (χ2n) is 3.52. The number of halogens is 1. The molecule has 1 fully saturated rings. The molecule has 0 atom stereocenters. The van der Waals surface area contributed by atoms with E-state index in [0.29, 0.717) is 12.6 Å². The molecule has 72 valence electrons. The molecule has 3 heteroatoms. The van der Waals surface area contributed by atoms with Crippen LogP contribution < -0.4 is 0 Å². The zero-order valence-corrected chi connectivity index (χ0v) is 9.39. The Morgan fingerprint density at radius 1 is 1.54 bits per heavy atom. The van der Waals surface area contributed by atoms with Crippen LogP contribution in [0, 0.1) is 11.3 Å². The van der Waals surface area contributed by atoms with E-state index in [9.17, 15) is 0 Å². The summed E-state index contributed by atoms with van der Waals surface area (Å²) in [5.41, 5.74) is 0. The summed E-state index contributed by atoms with van der Waals surface area (Å²) in [4.78, 5) is 2.21. The smallest absolute Gasteiger partial charge is 0.0871 e. The SMILES string of the molecule is C=C(Br)CN(CC#N)C1CCCC1. The molecule has 0 aromatic carbocycles. The van der Waals surface area contributed by atoms with Crippen LogP contribution in [0.1, 0.15) is 25.7 Å². The molecule has 0 N–H and O–H groups in total. The van der Waals surface area contributed by atoms with Crippen molar-refractivity contribution in [1.82, 2.24) is 4.90 Å². The lowest BCUT2D eigenvalue weighted by Gasteiger charge is -2.25. The van der Waals surface area contributed by atoms with Gasteiger partial charge in [-0.15, -0.1) is 0 Å². The standard InChI is InChI=1S/C10H15BrN2/c1-9(11)8-13(7-6-12)10-4-2-3-5-10/h10H,1-5,7-8H2. The lowest BCUT2D eigenvalue weighted by Crippen LogP contribution is -2.34. The Balaban J connectivity index is 2.45. The molecule has 1 aliphatic carbocycles. The molecule has 0 aromatic heterocycles. The van der Waals surface area contributed by atoms with Crippen molar-refractivity contribution >= 4 is 15.9 Å². The van der Waals surface area contributed by atoms with Gasteiger partial charge in [-0.1, -0.05) is 35.4 Å². The van der Waals surface area contributed by atoms with E-state index in [2.05, 4.69) is 33.5 Å². The molecule has 0 radical (unpaired) electrons. The van der Waals surface area contributed by atoms with Gasteiger partial charge >= 0.3 is 0 Å². The predicted molar refractivity (Wildman–Crippen MR) is 57.5 cm³/mol. The Kier molecular flexibility index (Phi) is 4.47. The van der Waals surface area contributed by atoms with Crippen LogP contribution in [0.5, 0.6) is 0 Å². The minimum Gasteiger partial charge on any atom is -0.283 e. The van der Waals surface area contributed by atoms with E-state index < -0.39 is 0 Å². The Morgan fingerprint density at radius 3 is 2.62 bits per heavy atom. The normalized spacial score (nSPS) is 17.6. The molecule has 0 aromatic rings. The highest BCUT2D eigenvalue weighted by molar-refractivity contribution is 9.11. The Labute approximate surface area is 88.3 Å². The maximum absolute atomic E-state index is 8.67. The predicted octanol–water partition coefficient (Wildman–Crippen LogP) is 2.66. The Morgan fingerprint density at radius 2 is 2.15 bits per heavy atom. The van der Waals surface area contributed by atoms with Gasteiger partial charge in [-0.2, -0.15) is 5.26 Å². The van der Waals surface area contributed by atoms with Crippen molar-refractivity contribution in [2.45, 2.75) is 31.7 Å². The third-order valence-electron chi connectivity index (χ3n) is 2.49. The fourth-order valence-electron chi connectivity index (χ4n) is 1.89. The summed E-state index contributed by atoms with van der Waals surface area (Å²) in [6.45, 7) is 5.14. The van der Waals surface area contributed by atoms with E-state index in [1.165, 1.54) is 25.7 Å². The molecular weight excluding hydrogens is 228 g/mol. The van der Waals surface area contributed by atoms with Gasteiger partial charge in [-0.25, -0.2) is 0 Å². The highest BCUT2D eigenvalue weighted by atomic mass is 79.9. The summed E-state index contributed by atoms with van der Waals surface area (Å²) in [6, 6.07) is 2.82. The van der Waals surface area contributed by atoms with Crippen LogP contribution in [0.15, 0.2) is 11.1 Å². The minimum atomic E-state index is 0.523. The first-order chi connectivity index (χ1) is 6.24. The molecule has 0 aliphatic heterocycles. The minimum absolute atomic E-state index is 0.523. The monoisotopic (exact) mass is 242 g/mol.